The maximum atomic E-state index is 12.7. The number of hydrogen-bond donors (Lipinski definition) is 1. The standard InChI is InChI=1S/C20H18Cl2N2O/c21-14-6-3-5-13(11-14)19-23-20(25)17-9-1-2-10-18(17)24(19)16-8-4-7-15(22)12-16/h3-8,11-12,19H,1-2,9-10H2,(H,23,25). The van der Waals surface area contributed by atoms with E-state index in [1.165, 1.54) is 0 Å². The molecule has 1 heterocycles. The van der Waals surface area contributed by atoms with E-state index in [2.05, 4.69) is 10.2 Å². The van der Waals surface area contributed by atoms with Gasteiger partial charge in [0.15, 0.2) is 0 Å². The monoisotopic (exact) mass is 372 g/mol. The van der Waals surface area contributed by atoms with E-state index >= 15 is 0 Å². The Hall–Kier alpha value is -1.97. The van der Waals surface area contributed by atoms with Gasteiger partial charge in [-0.2, -0.15) is 0 Å². The van der Waals surface area contributed by atoms with Gasteiger partial charge >= 0.3 is 0 Å². The SMILES string of the molecule is O=C1NC(c2cccc(Cl)c2)N(c2cccc(Cl)c2)C2=C1CCCC2. The topological polar surface area (TPSA) is 32.3 Å². The molecule has 1 amide bonds. The largest absolute Gasteiger partial charge is 0.328 e. The minimum atomic E-state index is -0.290. The lowest BCUT2D eigenvalue weighted by molar-refractivity contribution is -0.119. The molecule has 1 atom stereocenters. The first-order chi connectivity index (χ1) is 12.1. The average molecular weight is 373 g/mol. The molecular formula is C20H18Cl2N2O. The predicted octanol–water partition coefficient (Wildman–Crippen LogP) is 5.46. The van der Waals surface area contributed by atoms with Gasteiger partial charge in [0.1, 0.15) is 6.17 Å². The fourth-order valence-corrected chi connectivity index (χ4v) is 4.05. The van der Waals surface area contributed by atoms with Crippen molar-refractivity contribution < 1.29 is 4.79 Å². The zero-order valence-corrected chi connectivity index (χ0v) is 15.1. The van der Waals surface area contributed by atoms with Crippen molar-refractivity contribution in [1.82, 2.24) is 5.32 Å². The van der Waals surface area contributed by atoms with Crippen LogP contribution in [0.25, 0.3) is 0 Å². The van der Waals surface area contributed by atoms with E-state index in [4.69, 9.17) is 23.2 Å². The molecule has 3 nitrogen and oxygen atoms in total. The fourth-order valence-electron chi connectivity index (χ4n) is 3.67. The lowest BCUT2D eigenvalue weighted by atomic mass is 9.91. The molecule has 0 bridgehead atoms. The molecule has 128 valence electrons. The number of carbonyl (C=O) groups excluding carboxylic acids is 1. The molecule has 0 saturated heterocycles. The van der Waals surface area contributed by atoms with Crippen LogP contribution in [0.15, 0.2) is 59.8 Å². The van der Waals surface area contributed by atoms with Gasteiger partial charge in [0.25, 0.3) is 5.91 Å². The van der Waals surface area contributed by atoms with Crippen molar-refractivity contribution in [2.45, 2.75) is 31.8 Å². The van der Waals surface area contributed by atoms with Gasteiger partial charge in [0, 0.05) is 27.0 Å². The maximum Gasteiger partial charge on any atom is 0.250 e. The second-order valence-corrected chi connectivity index (χ2v) is 7.29. The summed E-state index contributed by atoms with van der Waals surface area (Å²) in [5, 5.41) is 4.49. The van der Waals surface area contributed by atoms with Crippen molar-refractivity contribution >= 4 is 34.8 Å². The van der Waals surface area contributed by atoms with Gasteiger partial charge in [-0.15, -0.1) is 0 Å². The Balaban J connectivity index is 1.87. The summed E-state index contributed by atoms with van der Waals surface area (Å²) < 4.78 is 0. The summed E-state index contributed by atoms with van der Waals surface area (Å²) in [5.74, 6) is 0.0259. The molecule has 2 aromatic rings. The highest BCUT2D eigenvalue weighted by Crippen LogP contribution is 2.40. The number of benzene rings is 2. The van der Waals surface area contributed by atoms with Crippen molar-refractivity contribution in [3.05, 3.63) is 75.4 Å². The fraction of sp³-hybridized carbons (Fsp3) is 0.250. The molecule has 0 spiro atoms. The molecule has 1 unspecified atom stereocenters. The number of allylic oxidation sites excluding steroid dienone is 1. The van der Waals surface area contributed by atoms with Crippen LogP contribution in [0.1, 0.15) is 37.4 Å². The van der Waals surface area contributed by atoms with Gasteiger partial charge in [-0.3, -0.25) is 4.79 Å². The minimum Gasteiger partial charge on any atom is -0.328 e. The van der Waals surface area contributed by atoms with Gasteiger partial charge in [0.05, 0.1) is 0 Å². The van der Waals surface area contributed by atoms with E-state index in [1.54, 1.807) is 0 Å². The number of rotatable bonds is 2. The minimum absolute atomic E-state index is 0.0259. The van der Waals surface area contributed by atoms with Crippen LogP contribution in [-0.4, -0.2) is 5.91 Å². The van der Waals surface area contributed by atoms with E-state index in [0.29, 0.717) is 10.0 Å². The number of nitrogens with zero attached hydrogens (tertiary/aromatic N) is 1. The van der Waals surface area contributed by atoms with Crippen LogP contribution in [0, 0.1) is 0 Å². The van der Waals surface area contributed by atoms with Crippen LogP contribution in [0.5, 0.6) is 0 Å². The lowest BCUT2D eigenvalue weighted by Crippen LogP contribution is -2.48. The molecular weight excluding hydrogens is 355 g/mol. The van der Waals surface area contributed by atoms with Crippen LogP contribution >= 0.6 is 23.2 Å². The van der Waals surface area contributed by atoms with Crippen LogP contribution in [0.2, 0.25) is 10.0 Å². The van der Waals surface area contributed by atoms with Gasteiger partial charge in [-0.25, -0.2) is 0 Å². The molecule has 0 aromatic heterocycles. The molecule has 5 heteroatoms. The molecule has 2 aromatic carbocycles. The van der Waals surface area contributed by atoms with Crippen molar-refractivity contribution in [3.8, 4) is 0 Å². The Bertz CT molecular complexity index is 862. The van der Waals surface area contributed by atoms with Gasteiger partial charge in [-0.05, 0) is 61.6 Å². The van der Waals surface area contributed by atoms with E-state index in [9.17, 15) is 4.79 Å². The average Bonchev–Trinajstić information content (AvgIpc) is 2.61. The maximum absolute atomic E-state index is 12.7. The number of hydrogen-bond acceptors (Lipinski definition) is 2. The highest BCUT2D eigenvalue weighted by atomic mass is 35.5. The number of carbonyl (C=O) groups is 1. The lowest BCUT2D eigenvalue weighted by Gasteiger charge is -2.42. The van der Waals surface area contributed by atoms with Gasteiger partial charge in [-0.1, -0.05) is 41.4 Å². The van der Waals surface area contributed by atoms with E-state index < -0.39 is 0 Å². The van der Waals surface area contributed by atoms with Crippen molar-refractivity contribution in [1.29, 1.82) is 0 Å². The Morgan fingerprint density at radius 3 is 2.44 bits per heavy atom. The second kappa shape index (κ2) is 6.74. The third-order valence-corrected chi connectivity index (χ3v) is 5.25. The quantitative estimate of drug-likeness (QED) is 0.759. The molecule has 1 aliphatic heterocycles. The zero-order valence-electron chi connectivity index (χ0n) is 13.6. The number of amides is 1. The summed E-state index contributed by atoms with van der Waals surface area (Å²) in [6.45, 7) is 0. The van der Waals surface area contributed by atoms with E-state index in [1.807, 2.05) is 48.5 Å². The highest BCUT2D eigenvalue weighted by Gasteiger charge is 2.35. The first-order valence-electron chi connectivity index (χ1n) is 8.46. The predicted molar refractivity (Wildman–Crippen MR) is 102 cm³/mol. The summed E-state index contributed by atoms with van der Waals surface area (Å²) in [6, 6.07) is 15.4. The Morgan fingerprint density at radius 1 is 0.960 bits per heavy atom. The molecule has 1 aliphatic carbocycles. The van der Waals surface area contributed by atoms with Crippen molar-refractivity contribution in [2.24, 2.45) is 0 Å². The molecule has 4 rings (SSSR count). The van der Waals surface area contributed by atoms with Gasteiger partial charge in [0.2, 0.25) is 0 Å². The molecule has 25 heavy (non-hydrogen) atoms. The Labute approximate surface area is 157 Å². The first-order valence-corrected chi connectivity index (χ1v) is 9.22. The Morgan fingerprint density at radius 2 is 1.68 bits per heavy atom. The van der Waals surface area contributed by atoms with E-state index in [-0.39, 0.29) is 12.1 Å². The summed E-state index contributed by atoms with van der Waals surface area (Å²) in [6.07, 6.45) is 3.57. The summed E-state index contributed by atoms with van der Waals surface area (Å²) in [5.41, 5.74) is 3.93. The molecule has 0 fully saturated rings. The summed E-state index contributed by atoms with van der Waals surface area (Å²) in [7, 11) is 0. The van der Waals surface area contributed by atoms with E-state index in [0.717, 1.165) is 48.2 Å². The van der Waals surface area contributed by atoms with Crippen LogP contribution < -0.4 is 10.2 Å². The summed E-state index contributed by atoms with van der Waals surface area (Å²) >= 11 is 12.4. The normalized spacial score (nSPS) is 20.3. The van der Waals surface area contributed by atoms with Gasteiger partial charge < -0.3 is 10.2 Å². The summed E-state index contributed by atoms with van der Waals surface area (Å²) in [4.78, 5) is 14.9. The molecule has 1 N–H and O–H groups in total. The van der Waals surface area contributed by atoms with Crippen LogP contribution in [0.4, 0.5) is 5.69 Å². The first kappa shape index (κ1) is 16.5. The smallest absolute Gasteiger partial charge is 0.250 e. The third-order valence-electron chi connectivity index (χ3n) is 4.78. The molecule has 2 aliphatic rings. The number of anilines is 1. The highest BCUT2D eigenvalue weighted by molar-refractivity contribution is 6.31. The van der Waals surface area contributed by atoms with Crippen molar-refractivity contribution in [2.75, 3.05) is 4.90 Å². The third kappa shape index (κ3) is 3.14. The molecule has 0 radical (unpaired) electrons. The Kier molecular flexibility index (Phi) is 4.45. The second-order valence-electron chi connectivity index (χ2n) is 6.41. The van der Waals surface area contributed by atoms with Crippen LogP contribution in [-0.2, 0) is 4.79 Å². The van der Waals surface area contributed by atoms with Crippen molar-refractivity contribution in [3.63, 3.8) is 0 Å². The number of halogens is 2. The zero-order chi connectivity index (χ0) is 17.4. The number of nitrogens with one attached hydrogen (secondary N) is 1. The van der Waals surface area contributed by atoms with Crippen LogP contribution in [0.3, 0.4) is 0 Å². The molecule has 0 saturated carbocycles.